The fraction of sp³-hybridized carbons (Fsp3) is 0.381. The number of rotatable bonds is 6. The lowest BCUT2D eigenvalue weighted by Crippen LogP contribution is -2.38. The first kappa shape index (κ1) is 21.1. The van der Waals surface area contributed by atoms with Gasteiger partial charge in [-0.05, 0) is 36.4 Å². The number of carbonyl (C=O) groups excluding carboxylic acids is 2. The molecule has 0 aliphatic carbocycles. The molecule has 0 fully saturated rings. The van der Waals surface area contributed by atoms with Crippen molar-refractivity contribution >= 4 is 28.8 Å². The molecule has 29 heavy (non-hydrogen) atoms. The lowest BCUT2D eigenvalue weighted by Gasteiger charge is -2.36. The van der Waals surface area contributed by atoms with Crippen LogP contribution in [0.1, 0.15) is 38.3 Å². The standard InChI is InChI=1S/C21H24FN3O3S/c1-5-16-18(20(27)28-4)19(13-7-9-14(22)10-8-13)25-15(12-29-21(25)23-16)11-17(26)24(3)6-2/h7-10,12,19H,5-6,11H2,1-4H3. The number of nitrogens with zero attached hydrogens (tertiary/aromatic N) is 3. The Bertz CT molecular complexity index is 908. The van der Waals surface area contributed by atoms with Gasteiger partial charge in [-0.15, -0.1) is 0 Å². The highest BCUT2D eigenvalue weighted by molar-refractivity contribution is 8.16. The average Bonchev–Trinajstić information content (AvgIpc) is 3.14. The Morgan fingerprint density at radius 2 is 1.97 bits per heavy atom. The second-order valence-corrected chi connectivity index (χ2v) is 7.57. The molecule has 1 unspecified atom stereocenters. The van der Waals surface area contributed by atoms with Crippen molar-refractivity contribution in [3.05, 3.63) is 58.0 Å². The van der Waals surface area contributed by atoms with Gasteiger partial charge in [0.15, 0.2) is 5.17 Å². The van der Waals surface area contributed by atoms with Crippen LogP contribution < -0.4 is 0 Å². The molecule has 154 valence electrons. The van der Waals surface area contributed by atoms with Gasteiger partial charge in [0.2, 0.25) is 5.91 Å². The van der Waals surface area contributed by atoms with Gasteiger partial charge in [0.25, 0.3) is 0 Å². The molecule has 1 atom stereocenters. The molecule has 6 nitrogen and oxygen atoms in total. The number of amidine groups is 1. The van der Waals surface area contributed by atoms with Crippen LogP contribution in [0.25, 0.3) is 0 Å². The maximum absolute atomic E-state index is 13.6. The van der Waals surface area contributed by atoms with Gasteiger partial charge in [-0.2, -0.15) is 0 Å². The molecule has 0 N–H and O–H groups in total. The van der Waals surface area contributed by atoms with Gasteiger partial charge >= 0.3 is 5.97 Å². The number of esters is 1. The SMILES string of the molecule is CCC1=C(C(=O)OC)C(c2ccc(F)cc2)N2C(CC(=O)N(C)CC)=CSC2=N1. The number of halogens is 1. The predicted octanol–water partition coefficient (Wildman–Crippen LogP) is 3.83. The first-order chi connectivity index (χ1) is 13.9. The van der Waals surface area contributed by atoms with E-state index in [0.29, 0.717) is 29.4 Å². The van der Waals surface area contributed by atoms with Crippen molar-refractivity contribution in [3.63, 3.8) is 0 Å². The summed E-state index contributed by atoms with van der Waals surface area (Å²) in [5, 5.41) is 2.59. The lowest BCUT2D eigenvalue weighted by atomic mass is 9.93. The Kier molecular flexibility index (Phi) is 6.42. The fourth-order valence-corrected chi connectivity index (χ4v) is 4.28. The van der Waals surface area contributed by atoms with Crippen molar-refractivity contribution in [2.75, 3.05) is 20.7 Å². The van der Waals surface area contributed by atoms with Crippen LogP contribution in [0, 0.1) is 5.82 Å². The third kappa shape index (κ3) is 4.07. The number of methoxy groups -OCH3 is 1. The molecule has 0 saturated heterocycles. The number of benzene rings is 1. The van der Waals surface area contributed by atoms with Gasteiger partial charge in [0, 0.05) is 19.3 Å². The number of thioether (sulfide) groups is 1. The average molecular weight is 418 g/mol. The van der Waals surface area contributed by atoms with Crippen LogP contribution in [0.5, 0.6) is 0 Å². The summed E-state index contributed by atoms with van der Waals surface area (Å²) in [6.07, 6.45) is 0.733. The topological polar surface area (TPSA) is 62.2 Å². The van der Waals surface area contributed by atoms with E-state index in [-0.39, 0.29) is 18.1 Å². The minimum Gasteiger partial charge on any atom is -0.466 e. The molecular formula is C21H24FN3O3S. The lowest BCUT2D eigenvalue weighted by molar-refractivity contribution is -0.136. The van der Waals surface area contributed by atoms with E-state index in [4.69, 9.17) is 4.74 Å². The maximum Gasteiger partial charge on any atom is 0.338 e. The molecule has 1 amide bonds. The highest BCUT2D eigenvalue weighted by Gasteiger charge is 2.41. The Morgan fingerprint density at radius 3 is 2.55 bits per heavy atom. The number of hydrogen-bond acceptors (Lipinski definition) is 6. The van der Waals surface area contributed by atoms with Gasteiger partial charge in [-0.1, -0.05) is 30.8 Å². The number of hydrogen-bond donors (Lipinski definition) is 0. The molecular weight excluding hydrogens is 393 g/mol. The molecule has 0 aromatic heterocycles. The van der Waals surface area contributed by atoms with E-state index >= 15 is 0 Å². The second kappa shape index (κ2) is 8.82. The van der Waals surface area contributed by atoms with Crippen LogP contribution in [0.3, 0.4) is 0 Å². The molecule has 0 radical (unpaired) electrons. The molecule has 0 saturated carbocycles. The van der Waals surface area contributed by atoms with E-state index in [1.807, 2.05) is 24.2 Å². The molecule has 2 heterocycles. The number of fused-ring (bicyclic) bond motifs is 1. The van der Waals surface area contributed by atoms with Crippen molar-refractivity contribution in [2.24, 2.45) is 4.99 Å². The Hall–Kier alpha value is -2.61. The van der Waals surface area contributed by atoms with Crippen molar-refractivity contribution in [3.8, 4) is 0 Å². The molecule has 3 rings (SSSR count). The first-order valence-corrected chi connectivity index (χ1v) is 10.3. The normalized spacial score (nSPS) is 18.2. The van der Waals surface area contributed by atoms with Crippen LogP contribution in [-0.4, -0.2) is 47.5 Å². The summed E-state index contributed by atoms with van der Waals surface area (Å²) in [4.78, 5) is 33.4. The third-order valence-corrected chi connectivity index (χ3v) is 5.94. The van der Waals surface area contributed by atoms with Crippen LogP contribution in [0.2, 0.25) is 0 Å². The van der Waals surface area contributed by atoms with E-state index < -0.39 is 12.0 Å². The van der Waals surface area contributed by atoms with Crippen molar-refractivity contribution in [2.45, 2.75) is 32.7 Å². The molecule has 1 aromatic rings. The Morgan fingerprint density at radius 1 is 1.28 bits per heavy atom. The van der Waals surface area contributed by atoms with Gasteiger partial charge < -0.3 is 14.5 Å². The van der Waals surface area contributed by atoms with Crippen LogP contribution >= 0.6 is 11.8 Å². The zero-order chi connectivity index (χ0) is 21.1. The number of amides is 1. The number of aliphatic imine (C=N–C) groups is 1. The van der Waals surface area contributed by atoms with Crippen molar-refractivity contribution in [1.29, 1.82) is 0 Å². The fourth-order valence-electron chi connectivity index (χ4n) is 3.34. The zero-order valence-corrected chi connectivity index (χ0v) is 17.8. The highest BCUT2D eigenvalue weighted by atomic mass is 32.2. The summed E-state index contributed by atoms with van der Waals surface area (Å²) < 4.78 is 18.6. The Labute approximate surface area is 174 Å². The van der Waals surface area contributed by atoms with Gasteiger partial charge in [-0.3, -0.25) is 4.79 Å². The molecule has 0 spiro atoms. The zero-order valence-electron chi connectivity index (χ0n) is 16.9. The molecule has 8 heteroatoms. The molecule has 0 bridgehead atoms. The smallest absolute Gasteiger partial charge is 0.338 e. The summed E-state index contributed by atoms with van der Waals surface area (Å²) in [6.45, 7) is 4.44. The van der Waals surface area contributed by atoms with Crippen LogP contribution in [0.15, 0.2) is 51.6 Å². The van der Waals surface area contributed by atoms with Crippen molar-refractivity contribution in [1.82, 2.24) is 9.80 Å². The minimum absolute atomic E-state index is 0.0247. The summed E-state index contributed by atoms with van der Waals surface area (Å²) in [6, 6.07) is 5.50. The van der Waals surface area contributed by atoms with E-state index in [9.17, 15) is 14.0 Å². The largest absolute Gasteiger partial charge is 0.466 e. The summed E-state index contributed by atoms with van der Waals surface area (Å²) in [5.74, 6) is -0.861. The predicted molar refractivity (Wildman–Crippen MR) is 111 cm³/mol. The van der Waals surface area contributed by atoms with Crippen LogP contribution in [-0.2, 0) is 14.3 Å². The quantitative estimate of drug-likeness (QED) is 0.659. The number of allylic oxidation sites excluding steroid dienone is 1. The summed E-state index contributed by atoms with van der Waals surface area (Å²) in [7, 11) is 3.08. The number of carbonyl (C=O) groups is 2. The Balaban J connectivity index is 2.08. The van der Waals surface area contributed by atoms with E-state index in [1.54, 1.807) is 24.1 Å². The first-order valence-electron chi connectivity index (χ1n) is 9.45. The van der Waals surface area contributed by atoms with Crippen molar-refractivity contribution < 1.29 is 18.7 Å². The third-order valence-electron chi connectivity index (χ3n) is 5.05. The minimum atomic E-state index is -0.536. The second-order valence-electron chi connectivity index (χ2n) is 6.74. The van der Waals surface area contributed by atoms with Gasteiger partial charge in [-0.25, -0.2) is 14.2 Å². The number of ether oxygens (including phenoxy) is 1. The van der Waals surface area contributed by atoms with Gasteiger partial charge in [0.05, 0.1) is 30.8 Å². The van der Waals surface area contributed by atoms with E-state index in [1.165, 1.54) is 31.0 Å². The van der Waals surface area contributed by atoms with E-state index in [2.05, 4.69) is 4.99 Å². The molecule has 2 aliphatic rings. The van der Waals surface area contributed by atoms with E-state index in [0.717, 1.165) is 11.3 Å². The highest BCUT2D eigenvalue weighted by Crippen LogP contribution is 2.45. The molecule has 1 aromatic carbocycles. The monoisotopic (exact) mass is 417 g/mol. The maximum atomic E-state index is 13.6. The molecule has 2 aliphatic heterocycles. The van der Waals surface area contributed by atoms with Crippen LogP contribution in [0.4, 0.5) is 4.39 Å². The summed E-state index contributed by atoms with van der Waals surface area (Å²) in [5.41, 5.74) is 2.53. The van der Waals surface area contributed by atoms with Gasteiger partial charge in [0.1, 0.15) is 5.82 Å². The summed E-state index contributed by atoms with van der Waals surface area (Å²) >= 11 is 1.42.